The molecule has 4 heteroatoms. The standard InChI is InChI=1S/C15H15ClO3/c1-18-12-7-8-13(14(9-12)19-2)15(17)10-3-5-11(16)6-4-10/h3-9,15,17H,1-2H3/t15-/m1/s1. The molecule has 0 aliphatic rings. The van der Waals surface area contributed by atoms with Crippen molar-refractivity contribution >= 4 is 11.6 Å². The molecule has 0 radical (unpaired) electrons. The summed E-state index contributed by atoms with van der Waals surface area (Å²) >= 11 is 5.84. The molecule has 0 aromatic heterocycles. The van der Waals surface area contributed by atoms with E-state index in [1.54, 1.807) is 56.7 Å². The predicted octanol–water partition coefficient (Wildman–Crippen LogP) is 3.44. The Morgan fingerprint density at radius 3 is 2.26 bits per heavy atom. The average Bonchev–Trinajstić information content (AvgIpc) is 2.46. The topological polar surface area (TPSA) is 38.7 Å². The lowest BCUT2D eigenvalue weighted by molar-refractivity contribution is 0.214. The van der Waals surface area contributed by atoms with Crippen LogP contribution in [-0.2, 0) is 0 Å². The third kappa shape index (κ3) is 3.00. The van der Waals surface area contributed by atoms with Crippen molar-refractivity contribution in [2.45, 2.75) is 6.10 Å². The summed E-state index contributed by atoms with van der Waals surface area (Å²) in [5.74, 6) is 1.27. The lowest BCUT2D eigenvalue weighted by atomic mass is 10.0. The Kier molecular flexibility index (Phi) is 4.30. The summed E-state index contributed by atoms with van der Waals surface area (Å²) in [7, 11) is 3.15. The fourth-order valence-corrected chi connectivity index (χ4v) is 1.99. The van der Waals surface area contributed by atoms with E-state index in [0.717, 1.165) is 5.56 Å². The van der Waals surface area contributed by atoms with Gasteiger partial charge < -0.3 is 14.6 Å². The van der Waals surface area contributed by atoms with Crippen LogP contribution in [0.15, 0.2) is 42.5 Å². The highest BCUT2D eigenvalue weighted by Gasteiger charge is 2.16. The Hall–Kier alpha value is -1.71. The molecule has 0 aliphatic heterocycles. The molecule has 0 bridgehead atoms. The van der Waals surface area contributed by atoms with E-state index in [4.69, 9.17) is 21.1 Å². The first-order valence-electron chi connectivity index (χ1n) is 5.81. The van der Waals surface area contributed by atoms with Crippen molar-refractivity contribution in [2.75, 3.05) is 14.2 Å². The number of ether oxygens (including phenoxy) is 2. The minimum absolute atomic E-state index is 0.585. The van der Waals surface area contributed by atoms with Gasteiger partial charge in [-0.3, -0.25) is 0 Å². The largest absolute Gasteiger partial charge is 0.497 e. The van der Waals surface area contributed by atoms with Crippen LogP contribution in [0.4, 0.5) is 0 Å². The molecule has 0 saturated carbocycles. The quantitative estimate of drug-likeness (QED) is 0.931. The lowest BCUT2D eigenvalue weighted by Crippen LogP contribution is -2.02. The molecule has 2 aromatic rings. The van der Waals surface area contributed by atoms with E-state index in [-0.39, 0.29) is 0 Å². The molecule has 1 atom stereocenters. The van der Waals surface area contributed by atoms with E-state index in [9.17, 15) is 5.11 Å². The van der Waals surface area contributed by atoms with Crippen LogP contribution in [0, 0.1) is 0 Å². The number of methoxy groups -OCH3 is 2. The van der Waals surface area contributed by atoms with Crippen molar-refractivity contribution in [3.63, 3.8) is 0 Å². The Labute approximate surface area is 117 Å². The monoisotopic (exact) mass is 278 g/mol. The molecular weight excluding hydrogens is 264 g/mol. The summed E-state index contributed by atoms with van der Waals surface area (Å²) in [4.78, 5) is 0. The molecule has 1 N–H and O–H groups in total. The average molecular weight is 279 g/mol. The van der Waals surface area contributed by atoms with Crippen molar-refractivity contribution in [2.24, 2.45) is 0 Å². The van der Waals surface area contributed by atoms with Gasteiger partial charge in [-0.1, -0.05) is 23.7 Å². The molecule has 2 rings (SSSR count). The Morgan fingerprint density at radius 1 is 1.00 bits per heavy atom. The number of hydrogen-bond donors (Lipinski definition) is 1. The highest BCUT2D eigenvalue weighted by Crippen LogP contribution is 2.33. The van der Waals surface area contributed by atoms with Crippen molar-refractivity contribution < 1.29 is 14.6 Å². The van der Waals surface area contributed by atoms with Gasteiger partial charge in [-0.15, -0.1) is 0 Å². The zero-order valence-electron chi connectivity index (χ0n) is 10.8. The van der Waals surface area contributed by atoms with Crippen LogP contribution in [0.3, 0.4) is 0 Å². The summed E-state index contributed by atoms with van der Waals surface area (Å²) in [5, 5.41) is 11.0. The van der Waals surface area contributed by atoms with Crippen LogP contribution in [0.2, 0.25) is 5.02 Å². The summed E-state index contributed by atoms with van der Waals surface area (Å²) < 4.78 is 10.4. The molecule has 0 unspecified atom stereocenters. The third-order valence-corrected chi connectivity index (χ3v) is 3.17. The maximum Gasteiger partial charge on any atom is 0.128 e. The van der Waals surface area contributed by atoms with Gasteiger partial charge in [0.05, 0.1) is 14.2 Å². The summed E-state index contributed by atoms with van der Waals surface area (Å²) in [6, 6.07) is 12.4. The summed E-state index contributed by atoms with van der Waals surface area (Å²) in [6.07, 6.45) is -0.766. The van der Waals surface area contributed by atoms with Crippen LogP contribution in [-0.4, -0.2) is 19.3 Å². The van der Waals surface area contributed by atoms with Gasteiger partial charge in [0.2, 0.25) is 0 Å². The van der Waals surface area contributed by atoms with Gasteiger partial charge >= 0.3 is 0 Å². The molecule has 2 aromatic carbocycles. The minimum atomic E-state index is -0.766. The van der Waals surface area contributed by atoms with Gasteiger partial charge in [0.25, 0.3) is 0 Å². The third-order valence-electron chi connectivity index (χ3n) is 2.92. The predicted molar refractivity (Wildman–Crippen MR) is 75.1 cm³/mol. The van der Waals surface area contributed by atoms with Gasteiger partial charge in [-0.05, 0) is 29.8 Å². The highest BCUT2D eigenvalue weighted by atomic mass is 35.5. The maximum atomic E-state index is 10.4. The second-order valence-corrected chi connectivity index (χ2v) is 4.50. The van der Waals surface area contributed by atoms with Gasteiger partial charge in [0.1, 0.15) is 17.6 Å². The van der Waals surface area contributed by atoms with E-state index in [1.807, 2.05) is 0 Å². The van der Waals surface area contributed by atoms with Crippen LogP contribution in [0.5, 0.6) is 11.5 Å². The smallest absolute Gasteiger partial charge is 0.128 e. The molecule has 0 spiro atoms. The van der Waals surface area contributed by atoms with Crippen molar-refractivity contribution in [3.8, 4) is 11.5 Å². The molecule has 0 saturated heterocycles. The van der Waals surface area contributed by atoms with Crippen molar-refractivity contribution in [1.29, 1.82) is 0 Å². The number of halogens is 1. The van der Waals surface area contributed by atoms with Crippen LogP contribution in [0.1, 0.15) is 17.2 Å². The first-order chi connectivity index (χ1) is 9.15. The molecular formula is C15H15ClO3. The van der Waals surface area contributed by atoms with E-state index < -0.39 is 6.10 Å². The van der Waals surface area contributed by atoms with Crippen molar-refractivity contribution in [1.82, 2.24) is 0 Å². The van der Waals surface area contributed by atoms with Gasteiger partial charge in [-0.2, -0.15) is 0 Å². The van der Waals surface area contributed by atoms with E-state index >= 15 is 0 Å². The summed E-state index contributed by atoms with van der Waals surface area (Å²) in [6.45, 7) is 0. The Morgan fingerprint density at radius 2 is 1.68 bits per heavy atom. The molecule has 0 aliphatic carbocycles. The van der Waals surface area contributed by atoms with Crippen molar-refractivity contribution in [3.05, 3.63) is 58.6 Å². The molecule has 0 amide bonds. The normalized spacial score (nSPS) is 12.0. The number of hydrogen-bond acceptors (Lipinski definition) is 3. The Balaban J connectivity index is 2.37. The van der Waals surface area contributed by atoms with Gasteiger partial charge in [0, 0.05) is 16.7 Å². The van der Waals surface area contributed by atoms with Crippen LogP contribution in [0.25, 0.3) is 0 Å². The maximum absolute atomic E-state index is 10.4. The van der Waals surface area contributed by atoms with E-state index in [0.29, 0.717) is 22.1 Å². The summed E-state index contributed by atoms with van der Waals surface area (Å²) in [5.41, 5.74) is 1.44. The second-order valence-electron chi connectivity index (χ2n) is 4.06. The number of aliphatic hydroxyl groups excluding tert-OH is 1. The fraction of sp³-hybridized carbons (Fsp3) is 0.200. The Bertz CT molecular complexity index is 552. The first-order valence-corrected chi connectivity index (χ1v) is 6.19. The molecule has 0 fully saturated rings. The molecule has 0 heterocycles. The second kappa shape index (κ2) is 5.95. The van der Waals surface area contributed by atoms with Crippen LogP contribution >= 0.6 is 11.6 Å². The molecule has 3 nitrogen and oxygen atoms in total. The van der Waals surface area contributed by atoms with Gasteiger partial charge in [-0.25, -0.2) is 0 Å². The fourth-order valence-electron chi connectivity index (χ4n) is 1.87. The highest BCUT2D eigenvalue weighted by molar-refractivity contribution is 6.30. The molecule has 100 valence electrons. The van der Waals surface area contributed by atoms with E-state index in [2.05, 4.69) is 0 Å². The van der Waals surface area contributed by atoms with Crippen LogP contribution < -0.4 is 9.47 Å². The number of benzene rings is 2. The minimum Gasteiger partial charge on any atom is -0.497 e. The number of rotatable bonds is 4. The zero-order valence-corrected chi connectivity index (χ0v) is 11.5. The zero-order chi connectivity index (χ0) is 13.8. The SMILES string of the molecule is COc1ccc([C@H](O)c2ccc(Cl)cc2)c(OC)c1. The number of aliphatic hydroxyl groups is 1. The van der Waals surface area contributed by atoms with E-state index in [1.165, 1.54) is 0 Å². The van der Waals surface area contributed by atoms with Gasteiger partial charge in [0.15, 0.2) is 0 Å². The molecule has 19 heavy (non-hydrogen) atoms. The first kappa shape index (κ1) is 13.7. The lowest BCUT2D eigenvalue weighted by Gasteiger charge is -2.16.